The molecule has 0 spiro atoms. The van der Waals surface area contributed by atoms with Crippen molar-refractivity contribution in [1.29, 1.82) is 0 Å². The third kappa shape index (κ3) is 57.8. The number of hydrogen-bond acceptors (Lipinski definition) is 8. The third-order valence-electron chi connectivity index (χ3n) is 19.5. The maximum absolute atomic E-state index is 13.2. The van der Waals surface area contributed by atoms with Crippen molar-refractivity contribution in [3.8, 4) is 0 Å². The molecule has 9 heteroatoms. The van der Waals surface area contributed by atoms with Gasteiger partial charge in [-0.3, -0.25) is 4.79 Å². The van der Waals surface area contributed by atoms with Crippen LogP contribution in [0.2, 0.25) is 0 Å². The predicted molar refractivity (Wildman–Crippen MR) is 387 cm³/mol. The Hall–Kier alpha value is -1.59. The highest BCUT2D eigenvalue weighted by Crippen LogP contribution is 2.24. The second kappa shape index (κ2) is 70.2. The van der Waals surface area contributed by atoms with Crippen LogP contribution in [0.5, 0.6) is 0 Å². The number of ether oxygens (including phenoxy) is 2. The van der Waals surface area contributed by atoms with Gasteiger partial charge in [0.1, 0.15) is 24.4 Å². The number of aliphatic hydroxyl groups excluding tert-OH is 5. The van der Waals surface area contributed by atoms with Crippen LogP contribution in [0, 0.1) is 0 Å². The Morgan fingerprint density at radius 1 is 0.378 bits per heavy atom. The zero-order chi connectivity index (χ0) is 64.9. The van der Waals surface area contributed by atoms with Gasteiger partial charge in [0.25, 0.3) is 0 Å². The molecular formula is C81H155NO8. The van der Waals surface area contributed by atoms with Gasteiger partial charge in [0, 0.05) is 6.42 Å². The van der Waals surface area contributed by atoms with E-state index in [1.54, 1.807) is 6.08 Å². The molecule has 1 rings (SSSR count). The minimum atomic E-state index is -1.57. The molecule has 0 aliphatic carbocycles. The molecule has 1 fully saturated rings. The van der Waals surface area contributed by atoms with Gasteiger partial charge >= 0.3 is 0 Å². The fourth-order valence-electron chi connectivity index (χ4n) is 13.2. The molecule has 0 aromatic carbocycles. The SMILES string of the molecule is CCCCCCC/C=C\C/C=C\CCCCCCCCCCCCCCCCCCCCCCCCCC(=O)NC(COC1OC(CO)C(O)C(O)C1O)C(O)/C=C/CCCCCCCCCCCCCCCCCCCCCCCCCCCCCCCC. The van der Waals surface area contributed by atoms with Crippen molar-refractivity contribution in [3.05, 3.63) is 36.5 Å². The molecule has 0 bridgehead atoms. The Morgan fingerprint density at radius 3 is 0.956 bits per heavy atom. The summed E-state index contributed by atoms with van der Waals surface area (Å²) in [4.78, 5) is 13.2. The first kappa shape index (κ1) is 86.4. The minimum absolute atomic E-state index is 0.167. The lowest BCUT2D eigenvalue weighted by atomic mass is 9.99. The van der Waals surface area contributed by atoms with Crippen LogP contribution in [0.1, 0.15) is 418 Å². The van der Waals surface area contributed by atoms with Gasteiger partial charge in [0.15, 0.2) is 6.29 Å². The van der Waals surface area contributed by atoms with Gasteiger partial charge in [0.05, 0.1) is 25.4 Å². The van der Waals surface area contributed by atoms with E-state index >= 15 is 0 Å². The summed E-state index contributed by atoms with van der Waals surface area (Å²) in [5, 5.41) is 54.9. The van der Waals surface area contributed by atoms with E-state index in [1.165, 1.54) is 353 Å². The molecule has 0 aromatic heterocycles. The summed E-state index contributed by atoms with van der Waals surface area (Å²) < 4.78 is 11.4. The van der Waals surface area contributed by atoms with E-state index in [1.807, 2.05) is 6.08 Å². The van der Waals surface area contributed by atoms with Crippen molar-refractivity contribution in [1.82, 2.24) is 5.32 Å². The van der Waals surface area contributed by atoms with E-state index in [0.717, 1.165) is 44.9 Å². The number of nitrogens with one attached hydrogen (secondary N) is 1. The molecule has 1 aliphatic heterocycles. The molecule has 7 atom stereocenters. The van der Waals surface area contributed by atoms with E-state index < -0.39 is 49.5 Å². The van der Waals surface area contributed by atoms with Crippen LogP contribution in [0.15, 0.2) is 36.5 Å². The van der Waals surface area contributed by atoms with Crippen LogP contribution in [-0.2, 0) is 14.3 Å². The highest BCUT2D eigenvalue weighted by Gasteiger charge is 2.44. The van der Waals surface area contributed by atoms with Gasteiger partial charge < -0.3 is 40.3 Å². The number of amides is 1. The van der Waals surface area contributed by atoms with Crippen molar-refractivity contribution in [3.63, 3.8) is 0 Å². The average molecular weight is 1270 g/mol. The van der Waals surface area contributed by atoms with Crippen LogP contribution >= 0.6 is 0 Å². The Bertz CT molecular complexity index is 1520. The van der Waals surface area contributed by atoms with E-state index in [4.69, 9.17) is 9.47 Å². The lowest BCUT2D eigenvalue weighted by molar-refractivity contribution is -0.302. The summed E-state index contributed by atoms with van der Waals surface area (Å²) in [6.07, 6.45) is 88.7. The monoisotopic (exact) mass is 1270 g/mol. The number of unbranched alkanes of at least 4 members (excludes halogenated alkanes) is 58. The zero-order valence-electron chi connectivity index (χ0n) is 59.9. The van der Waals surface area contributed by atoms with Gasteiger partial charge in [-0.25, -0.2) is 0 Å². The van der Waals surface area contributed by atoms with Crippen LogP contribution in [0.25, 0.3) is 0 Å². The van der Waals surface area contributed by atoms with Crippen LogP contribution < -0.4 is 5.32 Å². The van der Waals surface area contributed by atoms with Gasteiger partial charge in [-0.2, -0.15) is 0 Å². The molecule has 532 valence electrons. The molecule has 1 aliphatic rings. The van der Waals surface area contributed by atoms with Gasteiger partial charge in [-0.15, -0.1) is 0 Å². The summed E-state index contributed by atoms with van der Waals surface area (Å²) in [7, 11) is 0. The standard InChI is InChI=1S/C81H155NO8/c1-3-5-7-9-11-13-15-17-19-21-23-25-27-29-31-33-35-37-38-39-41-43-45-47-49-51-53-55-57-59-61-63-65-67-69-71-77(85)82-74(73-89-81-80(88)79(87)78(86)76(72-83)90-81)75(84)70-68-66-64-62-60-58-56-54-52-50-48-46-44-42-40-36-34-32-30-28-26-24-22-20-18-16-14-12-10-8-6-4-2/h15,17,21,23,68,70,74-76,78-81,83-84,86-88H,3-14,16,18-20,22,24-67,69,71-73H2,1-2H3,(H,82,85)/b17-15-,23-21-,70-68+. The molecule has 0 saturated carbocycles. The summed E-state index contributed by atoms with van der Waals surface area (Å²) in [6.45, 7) is 3.84. The normalized spacial score (nSPS) is 17.9. The van der Waals surface area contributed by atoms with E-state index in [9.17, 15) is 30.3 Å². The fraction of sp³-hybridized carbons (Fsp3) is 0.914. The number of carbonyl (C=O) groups is 1. The predicted octanol–water partition coefficient (Wildman–Crippen LogP) is 22.9. The molecular weight excluding hydrogens is 1110 g/mol. The van der Waals surface area contributed by atoms with Crippen LogP contribution in [0.3, 0.4) is 0 Å². The van der Waals surface area contributed by atoms with Crippen molar-refractivity contribution >= 4 is 5.91 Å². The molecule has 1 amide bonds. The maximum Gasteiger partial charge on any atom is 0.220 e. The number of rotatable bonds is 72. The van der Waals surface area contributed by atoms with Crippen molar-refractivity contribution in [2.24, 2.45) is 0 Å². The second-order valence-corrected chi connectivity index (χ2v) is 28.2. The summed E-state index contributed by atoms with van der Waals surface area (Å²) in [5.74, 6) is -0.167. The first-order valence-corrected chi connectivity index (χ1v) is 40.2. The van der Waals surface area contributed by atoms with E-state index in [-0.39, 0.29) is 12.5 Å². The molecule has 7 unspecified atom stereocenters. The average Bonchev–Trinajstić information content (AvgIpc) is 1.28. The zero-order valence-corrected chi connectivity index (χ0v) is 59.9. The topological polar surface area (TPSA) is 149 Å². The van der Waals surface area contributed by atoms with E-state index in [0.29, 0.717) is 6.42 Å². The molecule has 1 saturated heterocycles. The van der Waals surface area contributed by atoms with Crippen LogP contribution in [-0.4, -0.2) is 87.5 Å². The van der Waals surface area contributed by atoms with Gasteiger partial charge in [-0.05, 0) is 51.4 Å². The number of hydrogen-bond donors (Lipinski definition) is 6. The largest absolute Gasteiger partial charge is 0.394 e. The van der Waals surface area contributed by atoms with Gasteiger partial charge in [0.2, 0.25) is 5.91 Å². The minimum Gasteiger partial charge on any atom is -0.394 e. The number of allylic oxidation sites excluding steroid dienone is 5. The first-order chi connectivity index (χ1) is 44.3. The highest BCUT2D eigenvalue weighted by molar-refractivity contribution is 5.76. The lowest BCUT2D eigenvalue weighted by Gasteiger charge is -2.40. The van der Waals surface area contributed by atoms with Crippen molar-refractivity contribution in [2.75, 3.05) is 13.2 Å². The highest BCUT2D eigenvalue weighted by atomic mass is 16.7. The molecule has 0 radical (unpaired) electrons. The van der Waals surface area contributed by atoms with E-state index in [2.05, 4.69) is 43.5 Å². The Morgan fingerprint density at radius 2 is 0.656 bits per heavy atom. The summed E-state index contributed by atoms with van der Waals surface area (Å²) >= 11 is 0. The third-order valence-corrected chi connectivity index (χ3v) is 19.5. The summed E-state index contributed by atoms with van der Waals surface area (Å²) in [5.41, 5.74) is 0. The first-order valence-electron chi connectivity index (χ1n) is 40.2. The molecule has 0 aromatic rings. The maximum atomic E-state index is 13.2. The fourth-order valence-corrected chi connectivity index (χ4v) is 13.2. The van der Waals surface area contributed by atoms with Crippen molar-refractivity contribution in [2.45, 2.75) is 461 Å². The number of carbonyl (C=O) groups excluding carboxylic acids is 1. The Labute approximate surface area is 559 Å². The number of aliphatic hydroxyl groups is 5. The van der Waals surface area contributed by atoms with Crippen LogP contribution in [0.4, 0.5) is 0 Å². The second-order valence-electron chi connectivity index (χ2n) is 28.2. The lowest BCUT2D eigenvalue weighted by Crippen LogP contribution is -2.60. The smallest absolute Gasteiger partial charge is 0.220 e. The Balaban J connectivity index is 2.06. The quantitative estimate of drug-likeness (QED) is 0.0261. The molecule has 1 heterocycles. The van der Waals surface area contributed by atoms with Crippen molar-refractivity contribution < 1.29 is 39.8 Å². The Kier molecular flexibility index (Phi) is 67.4. The molecule has 90 heavy (non-hydrogen) atoms. The summed E-state index contributed by atoms with van der Waals surface area (Å²) in [6, 6.07) is -0.805. The molecule has 9 nitrogen and oxygen atoms in total. The van der Waals surface area contributed by atoms with Gasteiger partial charge in [-0.1, -0.05) is 397 Å². The molecule has 6 N–H and O–H groups in total.